The maximum atomic E-state index is 12.2. The van der Waals surface area contributed by atoms with Crippen LogP contribution in [0.15, 0.2) is 0 Å². The molecule has 0 bridgehead atoms. The van der Waals surface area contributed by atoms with Crippen LogP contribution in [0.3, 0.4) is 0 Å². The molecule has 4 heteroatoms. The van der Waals surface area contributed by atoms with Gasteiger partial charge >= 0.3 is 0 Å². The molecule has 0 aromatic rings. The zero-order valence-electron chi connectivity index (χ0n) is 11.9. The Morgan fingerprint density at radius 1 is 1.39 bits per heavy atom. The van der Waals surface area contributed by atoms with Crippen molar-refractivity contribution in [2.24, 2.45) is 17.6 Å². The van der Waals surface area contributed by atoms with Crippen molar-refractivity contribution in [2.45, 2.75) is 58.5 Å². The van der Waals surface area contributed by atoms with E-state index in [1.807, 2.05) is 6.92 Å². The molecule has 106 valence electrons. The zero-order valence-corrected chi connectivity index (χ0v) is 11.9. The molecular formula is C14H28N2O2. The van der Waals surface area contributed by atoms with E-state index in [0.717, 1.165) is 25.7 Å². The van der Waals surface area contributed by atoms with E-state index in [0.29, 0.717) is 19.1 Å². The number of ether oxygens (including phenoxy) is 1. The third kappa shape index (κ3) is 4.58. The van der Waals surface area contributed by atoms with Gasteiger partial charge in [-0.15, -0.1) is 0 Å². The van der Waals surface area contributed by atoms with Crippen molar-refractivity contribution < 1.29 is 9.53 Å². The number of carbonyl (C=O) groups excluding carboxylic acids is 1. The first kappa shape index (κ1) is 15.4. The van der Waals surface area contributed by atoms with Gasteiger partial charge in [-0.05, 0) is 25.7 Å². The summed E-state index contributed by atoms with van der Waals surface area (Å²) in [5.74, 6) is 0.475. The molecule has 1 saturated carbocycles. The second-order valence-corrected chi connectivity index (χ2v) is 5.57. The topological polar surface area (TPSA) is 64.3 Å². The largest absolute Gasteiger partial charge is 0.380 e. The number of hydrogen-bond donors (Lipinski definition) is 2. The minimum Gasteiger partial charge on any atom is -0.380 e. The summed E-state index contributed by atoms with van der Waals surface area (Å²) in [6.45, 7) is 7.44. The third-order valence-electron chi connectivity index (χ3n) is 3.79. The van der Waals surface area contributed by atoms with Gasteiger partial charge < -0.3 is 15.8 Å². The van der Waals surface area contributed by atoms with E-state index in [1.165, 1.54) is 0 Å². The maximum absolute atomic E-state index is 12.2. The Morgan fingerprint density at radius 2 is 2.06 bits per heavy atom. The Kier molecular flexibility index (Phi) is 6.65. The standard InChI is InChI=1S/C14H28N2O2/c1-4-18-9-13(10(2)3)16-14(17)11-7-5-6-8-12(11)15/h10-13H,4-9,15H2,1-3H3,(H,16,17). The summed E-state index contributed by atoms with van der Waals surface area (Å²) in [7, 11) is 0. The SMILES string of the molecule is CCOCC(NC(=O)C1CCCCC1N)C(C)C. The monoisotopic (exact) mass is 256 g/mol. The fourth-order valence-corrected chi connectivity index (χ4v) is 2.42. The Hall–Kier alpha value is -0.610. The normalized spacial score (nSPS) is 26.1. The zero-order chi connectivity index (χ0) is 13.5. The highest BCUT2D eigenvalue weighted by molar-refractivity contribution is 5.79. The van der Waals surface area contributed by atoms with Crippen molar-refractivity contribution in [1.82, 2.24) is 5.32 Å². The molecule has 1 fully saturated rings. The van der Waals surface area contributed by atoms with Crippen LogP contribution in [-0.4, -0.2) is 31.2 Å². The molecule has 3 atom stereocenters. The number of nitrogens with two attached hydrogens (primary N) is 1. The summed E-state index contributed by atoms with van der Waals surface area (Å²) in [6.07, 6.45) is 4.16. The second kappa shape index (κ2) is 7.74. The van der Waals surface area contributed by atoms with E-state index in [9.17, 15) is 4.79 Å². The number of amides is 1. The molecule has 0 heterocycles. The molecule has 0 radical (unpaired) electrons. The van der Waals surface area contributed by atoms with E-state index in [-0.39, 0.29) is 23.9 Å². The number of rotatable bonds is 6. The lowest BCUT2D eigenvalue weighted by Crippen LogP contribution is -2.49. The minimum atomic E-state index is -0.0124. The summed E-state index contributed by atoms with van der Waals surface area (Å²) >= 11 is 0. The molecule has 0 aliphatic heterocycles. The van der Waals surface area contributed by atoms with E-state index >= 15 is 0 Å². The van der Waals surface area contributed by atoms with Crippen LogP contribution in [0, 0.1) is 11.8 Å². The molecule has 3 N–H and O–H groups in total. The summed E-state index contributed by atoms with van der Waals surface area (Å²) in [5, 5.41) is 3.11. The minimum absolute atomic E-state index is 0.0124. The molecule has 4 nitrogen and oxygen atoms in total. The Morgan fingerprint density at radius 3 is 2.61 bits per heavy atom. The highest BCUT2D eigenvalue weighted by Gasteiger charge is 2.30. The lowest BCUT2D eigenvalue weighted by atomic mass is 9.84. The van der Waals surface area contributed by atoms with Crippen molar-refractivity contribution in [1.29, 1.82) is 0 Å². The smallest absolute Gasteiger partial charge is 0.224 e. The molecule has 1 rings (SSSR count). The van der Waals surface area contributed by atoms with Gasteiger partial charge in [-0.3, -0.25) is 4.79 Å². The predicted octanol–water partition coefficient (Wildman–Crippen LogP) is 1.68. The first-order chi connectivity index (χ1) is 8.56. The molecule has 1 aliphatic carbocycles. The summed E-state index contributed by atoms with van der Waals surface area (Å²) in [4.78, 5) is 12.2. The van der Waals surface area contributed by atoms with Crippen LogP contribution in [0.2, 0.25) is 0 Å². The number of carbonyl (C=O) groups is 1. The molecule has 0 aromatic heterocycles. The number of nitrogens with one attached hydrogen (secondary N) is 1. The van der Waals surface area contributed by atoms with E-state index < -0.39 is 0 Å². The summed E-state index contributed by atoms with van der Waals surface area (Å²) < 4.78 is 5.43. The molecule has 3 unspecified atom stereocenters. The van der Waals surface area contributed by atoms with Crippen LogP contribution in [0.4, 0.5) is 0 Å². The second-order valence-electron chi connectivity index (χ2n) is 5.57. The lowest BCUT2D eigenvalue weighted by molar-refractivity contribution is -0.128. The van der Waals surface area contributed by atoms with Crippen LogP contribution in [-0.2, 0) is 9.53 Å². The lowest BCUT2D eigenvalue weighted by Gasteiger charge is -2.30. The van der Waals surface area contributed by atoms with Gasteiger partial charge in [0, 0.05) is 12.6 Å². The Labute approximate surface area is 111 Å². The first-order valence-corrected chi connectivity index (χ1v) is 7.20. The van der Waals surface area contributed by atoms with E-state index in [2.05, 4.69) is 19.2 Å². The van der Waals surface area contributed by atoms with Crippen LogP contribution in [0.5, 0.6) is 0 Å². The van der Waals surface area contributed by atoms with Crippen LogP contribution in [0.25, 0.3) is 0 Å². The molecule has 1 amide bonds. The third-order valence-corrected chi connectivity index (χ3v) is 3.79. The molecule has 0 saturated heterocycles. The van der Waals surface area contributed by atoms with Gasteiger partial charge in [-0.2, -0.15) is 0 Å². The van der Waals surface area contributed by atoms with E-state index in [1.54, 1.807) is 0 Å². The fourth-order valence-electron chi connectivity index (χ4n) is 2.42. The van der Waals surface area contributed by atoms with Crippen LogP contribution < -0.4 is 11.1 Å². The summed E-state index contributed by atoms with van der Waals surface area (Å²) in [5.41, 5.74) is 6.04. The highest BCUT2D eigenvalue weighted by Crippen LogP contribution is 2.23. The van der Waals surface area contributed by atoms with E-state index in [4.69, 9.17) is 10.5 Å². The van der Waals surface area contributed by atoms with Crippen molar-refractivity contribution in [3.63, 3.8) is 0 Å². The predicted molar refractivity (Wildman–Crippen MR) is 73.2 cm³/mol. The molecule has 0 aromatic carbocycles. The average Bonchev–Trinajstić information content (AvgIpc) is 2.34. The molecule has 18 heavy (non-hydrogen) atoms. The molecular weight excluding hydrogens is 228 g/mol. The van der Waals surface area contributed by atoms with Gasteiger partial charge in [0.05, 0.1) is 18.6 Å². The van der Waals surface area contributed by atoms with Crippen molar-refractivity contribution in [3.05, 3.63) is 0 Å². The quantitative estimate of drug-likeness (QED) is 0.760. The Balaban J connectivity index is 2.48. The maximum Gasteiger partial charge on any atom is 0.224 e. The fraction of sp³-hybridized carbons (Fsp3) is 0.929. The van der Waals surface area contributed by atoms with Crippen LogP contribution in [0.1, 0.15) is 46.5 Å². The van der Waals surface area contributed by atoms with Gasteiger partial charge in [-0.1, -0.05) is 26.7 Å². The molecule has 0 spiro atoms. The van der Waals surface area contributed by atoms with Crippen LogP contribution >= 0.6 is 0 Å². The van der Waals surface area contributed by atoms with Gasteiger partial charge in [0.1, 0.15) is 0 Å². The van der Waals surface area contributed by atoms with Gasteiger partial charge in [0.2, 0.25) is 5.91 Å². The summed E-state index contributed by atoms with van der Waals surface area (Å²) in [6, 6.07) is 0.116. The van der Waals surface area contributed by atoms with Crippen molar-refractivity contribution in [3.8, 4) is 0 Å². The first-order valence-electron chi connectivity index (χ1n) is 7.20. The Bertz CT molecular complexity index is 256. The van der Waals surface area contributed by atoms with Gasteiger partial charge in [0.15, 0.2) is 0 Å². The van der Waals surface area contributed by atoms with Crippen molar-refractivity contribution >= 4 is 5.91 Å². The van der Waals surface area contributed by atoms with Gasteiger partial charge in [0.25, 0.3) is 0 Å². The van der Waals surface area contributed by atoms with Crippen molar-refractivity contribution in [2.75, 3.05) is 13.2 Å². The van der Waals surface area contributed by atoms with Gasteiger partial charge in [-0.25, -0.2) is 0 Å². The molecule has 1 aliphatic rings. The highest BCUT2D eigenvalue weighted by atomic mass is 16.5. The number of hydrogen-bond acceptors (Lipinski definition) is 3. The average molecular weight is 256 g/mol.